The molecule has 20 aromatic carbocycles. The van der Waals surface area contributed by atoms with Crippen LogP contribution in [0.4, 0.5) is 68.2 Å². The summed E-state index contributed by atoms with van der Waals surface area (Å²) >= 11 is 22.0. The fourth-order valence-electron chi connectivity index (χ4n) is 19.4. The maximum atomic E-state index is 6.72. The number of fused-ring (bicyclic) bond motifs is 20. The molecule has 1 aliphatic carbocycles. The van der Waals surface area contributed by atoms with E-state index in [-0.39, 0.29) is 5.41 Å². The summed E-state index contributed by atoms with van der Waals surface area (Å²) < 4.78 is 21.4. The first-order chi connectivity index (χ1) is 65.9. The third-order valence-corrected chi connectivity index (χ3v) is 32.0. The van der Waals surface area contributed by atoms with Crippen LogP contribution < -0.4 is 19.6 Å². The second kappa shape index (κ2) is 36.1. The molecule has 0 fully saturated rings. The monoisotopic (exact) mass is 2050 g/mol. The van der Waals surface area contributed by atoms with Crippen molar-refractivity contribution < 1.29 is 4.42 Å². The van der Waals surface area contributed by atoms with Gasteiger partial charge in [-0.15, -0.1) is 45.3 Å². The number of anilines is 12. The fraction of sp³-hybridized carbons (Fsp3) is 0.0248. The van der Waals surface area contributed by atoms with Crippen molar-refractivity contribution in [3.8, 4) is 22.3 Å². The minimum atomic E-state index is 0.000903. The molecular weight excluding hydrogens is 1970 g/mol. The normalized spacial score (nSPS) is 12.0. The molecule has 0 N–H and O–H groups in total. The van der Waals surface area contributed by atoms with Crippen molar-refractivity contribution in [1.82, 2.24) is 0 Å². The SMILES string of the molecule is Brc1ccc2c(c1)oc1c(N(c3ccccc3)c3ccc4c(c3)sc3ccccc34)ccc(-c3ccccc3)c12.Brc1ccc2c(c1)sc1c(N(c3ccccc3)c3ccccc3)cc3ccccc3c12.Brc1ccc2c(c1)sc1cccc(N(c3ccccc3)c3ccccc3)c12.CC1(C)c2ccccc2-c2cc(N(c3ccccc3)c3cccc4c3sc3cc(Br)ccc34)ccc21. The Labute approximate surface area is 826 Å². The summed E-state index contributed by atoms with van der Waals surface area (Å²) in [6.45, 7) is 4.67. The van der Waals surface area contributed by atoms with Gasteiger partial charge in [-0.1, -0.05) is 338 Å². The smallest absolute Gasteiger partial charge is 0.160 e. The van der Waals surface area contributed by atoms with E-state index in [1.165, 1.54) is 142 Å². The van der Waals surface area contributed by atoms with Crippen LogP contribution in [-0.4, -0.2) is 0 Å². The molecule has 1 aliphatic rings. The van der Waals surface area contributed by atoms with Gasteiger partial charge >= 0.3 is 0 Å². The Morgan fingerprint density at radius 2 is 0.634 bits per heavy atom. The average Bonchev–Trinajstić information content (AvgIpc) is 1.58. The van der Waals surface area contributed by atoms with Gasteiger partial charge in [0.15, 0.2) is 5.58 Å². The topological polar surface area (TPSA) is 26.1 Å². The molecule has 0 saturated carbocycles. The van der Waals surface area contributed by atoms with Crippen molar-refractivity contribution in [2.45, 2.75) is 19.3 Å². The van der Waals surface area contributed by atoms with E-state index in [2.05, 4.69) is 546 Å². The average molecular weight is 2050 g/mol. The van der Waals surface area contributed by atoms with Crippen LogP contribution in [0.2, 0.25) is 0 Å². The number of hydrogen-bond acceptors (Lipinski definition) is 9. The number of nitrogens with zero attached hydrogens (tertiary/aromatic N) is 4. The predicted molar refractivity (Wildman–Crippen MR) is 595 cm³/mol. The highest BCUT2D eigenvalue weighted by Crippen LogP contribution is 2.56. The lowest BCUT2D eigenvalue weighted by molar-refractivity contribution is 0.660. The van der Waals surface area contributed by atoms with E-state index in [9.17, 15) is 0 Å². The van der Waals surface area contributed by atoms with Crippen molar-refractivity contribution >= 4 is 291 Å². The van der Waals surface area contributed by atoms with Gasteiger partial charge in [0.2, 0.25) is 0 Å². The van der Waals surface area contributed by atoms with Gasteiger partial charge in [0, 0.05) is 151 Å². The highest BCUT2D eigenvalue weighted by atomic mass is 79.9. The van der Waals surface area contributed by atoms with E-state index in [1.54, 1.807) is 0 Å². The molecule has 0 aliphatic heterocycles. The summed E-state index contributed by atoms with van der Waals surface area (Å²) in [6.07, 6.45) is 0. The van der Waals surface area contributed by atoms with Gasteiger partial charge in [-0.2, -0.15) is 0 Å². The molecular formula is C121H80Br4N4OS4. The van der Waals surface area contributed by atoms with Crippen molar-refractivity contribution in [3.63, 3.8) is 0 Å². The zero-order chi connectivity index (χ0) is 90.1. The van der Waals surface area contributed by atoms with E-state index in [4.69, 9.17) is 4.42 Å². The lowest BCUT2D eigenvalue weighted by Gasteiger charge is -2.27. The number of thiophene rings is 4. The van der Waals surface area contributed by atoms with Crippen LogP contribution in [0, 0.1) is 0 Å². The minimum absolute atomic E-state index is 0.000903. The van der Waals surface area contributed by atoms with Crippen LogP contribution in [0.1, 0.15) is 25.0 Å². The van der Waals surface area contributed by atoms with Crippen molar-refractivity contribution in [3.05, 3.63) is 478 Å². The zero-order valence-electron chi connectivity index (χ0n) is 72.6. The third-order valence-electron chi connectivity index (χ3n) is 25.4. The Kier molecular flexibility index (Phi) is 22.8. The molecule has 0 radical (unpaired) electrons. The first-order valence-corrected chi connectivity index (χ1v) is 50.9. The minimum Gasteiger partial charge on any atom is -0.454 e. The molecule has 0 amide bonds. The first-order valence-electron chi connectivity index (χ1n) is 44.5. The van der Waals surface area contributed by atoms with E-state index >= 15 is 0 Å². The Hall–Kier alpha value is -13.5. The van der Waals surface area contributed by atoms with Gasteiger partial charge < -0.3 is 24.0 Å². The van der Waals surface area contributed by atoms with Crippen LogP contribution >= 0.6 is 109 Å². The molecule has 5 nitrogen and oxygen atoms in total. The number of furan rings is 1. The van der Waals surface area contributed by atoms with Gasteiger partial charge in [0.05, 0.1) is 32.1 Å². The Bertz CT molecular complexity index is 8670. The number of hydrogen-bond donors (Lipinski definition) is 0. The molecule has 0 atom stereocenters. The molecule has 26 rings (SSSR count). The first kappa shape index (κ1) is 84.7. The molecule has 5 heterocycles. The Morgan fingerprint density at radius 1 is 0.224 bits per heavy atom. The molecule has 0 saturated heterocycles. The maximum absolute atomic E-state index is 6.72. The van der Waals surface area contributed by atoms with Gasteiger partial charge in [-0.25, -0.2) is 0 Å². The molecule has 642 valence electrons. The molecule has 0 unspecified atom stereocenters. The van der Waals surface area contributed by atoms with Crippen LogP contribution in [0.5, 0.6) is 0 Å². The number of halogens is 4. The quantitative estimate of drug-likeness (QED) is 0.115. The molecule has 25 aromatic rings. The van der Waals surface area contributed by atoms with Crippen molar-refractivity contribution in [1.29, 1.82) is 0 Å². The standard InChI is InChI=1S/C36H22BrNOS.C33H24BrNS.C28H18BrNS.C24H16BrNS/c37-24-15-17-30-32(21-24)39-36-31(20-19-27(35(30)36)23-9-3-1-4-10-23)38(25-11-5-2-6-12-25)26-16-18-29-28-13-7-8-14-33(28)40-34(29)22-26;1-33(2)28-13-7-6-11-24(28)27-20-23(16-18-29(27)33)35(22-9-4-3-5-10-22)30-14-8-12-26-25-17-15-21(34)19-31(25)36-32(26)30;29-20-15-16-24-26(18-20)31-28-25(17-19-9-7-8-14-23(19)27(24)28)30(21-10-3-1-4-11-21)22-12-5-2-6-13-22;25-17-14-15-20-23(16-17)27-22-13-7-12-21(24(20)22)26(18-8-3-1-4-9-18)19-10-5-2-6-11-19/h1-22H;3-20H,1-2H3;1-18H;1-16H. The van der Waals surface area contributed by atoms with Crippen LogP contribution in [0.25, 0.3) is 136 Å². The number of rotatable bonds is 13. The summed E-state index contributed by atoms with van der Waals surface area (Å²) in [5, 5.41) is 15.2. The zero-order valence-corrected chi connectivity index (χ0v) is 82.2. The molecule has 5 aromatic heterocycles. The fourth-order valence-corrected chi connectivity index (χ4v) is 26.1. The molecule has 0 bridgehead atoms. The highest BCUT2D eigenvalue weighted by Gasteiger charge is 2.36. The van der Waals surface area contributed by atoms with Crippen LogP contribution in [0.3, 0.4) is 0 Å². The number of benzene rings is 20. The summed E-state index contributed by atoms with van der Waals surface area (Å²) in [5.74, 6) is 0. The van der Waals surface area contributed by atoms with E-state index in [0.717, 1.165) is 90.9 Å². The lowest BCUT2D eigenvalue weighted by atomic mass is 9.82. The predicted octanol–water partition coefficient (Wildman–Crippen LogP) is 40.2. The van der Waals surface area contributed by atoms with Crippen molar-refractivity contribution in [2.24, 2.45) is 0 Å². The molecule has 0 spiro atoms. The van der Waals surface area contributed by atoms with Gasteiger partial charge in [0.25, 0.3) is 0 Å². The summed E-state index contributed by atoms with van der Waals surface area (Å²) in [5.41, 5.74) is 23.3. The Morgan fingerprint density at radius 3 is 1.26 bits per heavy atom. The van der Waals surface area contributed by atoms with E-state index in [1.807, 2.05) is 45.3 Å². The summed E-state index contributed by atoms with van der Waals surface area (Å²) in [6, 6.07) is 160. The lowest BCUT2D eigenvalue weighted by Crippen LogP contribution is -2.15. The molecule has 134 heavy (non-hydrogen) atoms. The highest BCUT2D eigenvalue weighted by molar-refractivity contribution is 9.11. The second-order valence-electron chi connectivity index (χ2n) is 33.8. The number of para-hydroxylation sites is 6. The van der Waals surface area contributed by atoms with Gasteiger partial charge in [-0.3, -0.25) is 0 Å². The van der Waals surface area contributed by atoms with E-state index in [0.29, 0.717) is 0 Å². The van der Waals surface area contributed by atoms with Crippen LogP contribution in [-0.2, 0) is 5.41 Å². The van der Waals surface area contributed by atoms with E-state index < -0.39 is 0 Å². The maximum Gasteiger partial charge on any atom is 0.160 e. The largest absolute Gasteiger partial charge is 0.454 e. The van der Waals surface area contributed by atoms with Crippen molar-refractivity contribution in [2.75, 3.05) is 19.6 Å². The summed E-state index contributed by atoms with van der Waals surface area (Å²) in [7, 11) is 0. The van der Waals surface area contributed by atoms with Gasteiger partial charge in [-0.05, 0) is 232 Å². The van der Waals surface area contributed by atoms with Crippen LogP contribution in [0.15, 0.2) is 471 Å². The molecule has 13 heteroatoms. The summed E-state index contributed by atoms with van der Waals surface area (Å²) in [4.78, 5) is 9.45. The second-order valence-corrected chi connectivity index (χ2v) is 41.8. The van der Waals surface area contributed by atoms with Gasteiger partial charge in [0.1, 0.15) is 5.58 Å². The third kappa shape index (κ3) is 15.7. The Balaban J connectivity index is 0.000000102.